The van der Waals surface area contributed by atoms with E-state index in [1.54, 1.807) is 24.3 Å². The van der Waals surface area contributed by atoms with Gasteiger partial charge in [0.2, 0.25) is 0 Å². The molecule has 0 bridgehead atoms. The summed E-state index contributed by atoms with van der Waals surface area (Å²) >= 11 is 0. The first-order valence-corrected chi connectivity index (χ1v) is 9.74. The Morgan fingerprint density at radius 1 is 0.933 bits per heavy atom. The Balaban J connectivity index is 1.99. The highest BCUT2D eigenvalue weighted by atomic mass is 31.2. The molecule has 3 aromatic rings. The van der Waals surface area contributed by atoms with Crippen molar-refractivity contribution in [1.82, 2.24) is 0 Å². The van der Waals surface area contributed by atoms with Crippen LogP contribution in [0.2, 0.25) is 0 Å². The highest BCUT2D eigenvalue weighted by molar-refractivity contribution is 7.55. The first-order chi connectivity index (χ1) is 13.9. The Kier molecular flexibility index (Phi) is 5.94. The van der Waals surface area contributed by atoms with Crippen LogP contribution in [0.4, 0.5) is 32.0 Å². The molecule has 164 valence electrons. The first-order valence-electron chi connectivity index (χ1n) is 8.19. The van der Waals surface area contributed by atoms with Gasteiger partial charge in [-0.25, -0.2) is 4.57 Å². The van der Waals surface area contributed by atoms with E-state index >= 15 is 0 Å². The number of furan rings is 1. The second-order valence-corrected chi connectivity index (χ2v) is 7.77. The average molecular weight is 457 g/mol. The fraction of sp³-hybridized carbons (Fsp3) is 0.294. The van der Waals surface area contributed by atoms with Crippen molar-refractivity contribution in [3.63, 3.8) is 0 Å². The van der Waals surface area contributed by atoms with Crippen molar-refractivity contribution in [2.45, 2.75) is 12.4 Å². The lowest BCUT2D eigenvalue weighted by atomic mass is 10.1. The van der Waals surface area contributed by atoms with E-state index in [0.29, 0.717) is 16.4 Å². The summed E-state index contributed by atoms with van der Waals surface area (Å²) in [7, 11) is -3.88. The number of rotatable bonds is 7. The molecule has 0 amide bonds. The third-order valence-corrected chi connectivity index (χ3v) is 5.21. The second-order valence-electron chi connectivity index (χ2n) is 6.03. The van der Waals surface area contributed by atoms with Crippen LogP contribution in [0.3, 0.4) is 0 Å². The van der Waals surface area contributed by atoms with Crippen LogP contribution < -0.4 is 9.82 Å². The number of benzene rings is 2. The van der Waals surface area contributed by atoms with Gasteiger partial charge in [0.05, 0.1) is 12.8 Å². The summed E-state index contributed by atoms with van der Waals surface area (Å²) < 4.78 is 107. The van der Waals surface area contributed by atoms with E-state index in [1.807, 2.05) is 5.09 Å². The quantitative estimate of drug-likeness (QED) is 0.333. The van der Waals surface area contributed by atoms with E-state index in [9.17, 15) is 30.9 Å². The van der Waals surface area contributed by atoms with Crippen LogP contribution in [0.15, 0.2) is 40.8 Å². The number of ether oxygens (including phenoxy) is 1. The fourth-order valence-electron chi connectivity index (χ4n) is 2.57. The highest BCUT2D eigenvalue weighted by Crippen LogP contribution is 2.52. The van der Waals surface area contributed by atoms with Crippen molar-refractivity contribution in [2.24, 2.45) is 0 Å². The van der Waals surface area contributed by atoms with Gasteiger partial charge in [-0.1, -0.05) is 18.2 Å². The monoisotopic (exact) mass is 457 g/mol. The summed E-state index contributed by atoms with van der Waals surface area (Å²) in [6.07, 6.45) is -9.91. The zero-order chi connectivity index (χ0) is 22.2. The Morgan fingerprint density at radius 3 is 2.10 bits per heavy atom. The molecule has 0 spiro atoms. The van der Waals surface area contributed by atoms with Gasteiger partial charge in [-0.05, 0) is 12.1 Å². The standard InChI is InChI=1S/C17H14F6NO5P/c1-26-15-6-11-10-4-2-3-5-13(10)29-14(11)7-12(15)24-30(25,27-8-16(18,19)20)28-9-17(21,22)23/h2-7H,8-9H2,1H3,(H,24,25). The van der Waals surface area contributed by atoms with Crippen molar-refractivity contribution in [3.05, 3.63) is 36.4 Å². The van der Waals surface area contributed by atoms with Crippen LogP contribution in [-0.2, 0) is 13.6 Å². The van der Waals surface area contributed by atoms with Crippen LogP contribution in [0.1, 0.15) is 0 Å². The molecule has 13 heteroatoms. The SMILES string of the molecule is COc1cc2c(cc1NP(=O)(OCC(F)(F)F)OCC(F)(F)F)oc1ccccc12. The van der Waals surface area contributed by atoms with E-state index < -0.39 is 33.3 Å². The molecule has 2 aromatic carbocycles. The Morgan fingerprint density at radius 2 is 1.53 bits per heavy atom. The van der Waals surface area contributed by atoms with Gasteiger partial charge in [0.1, 0.15) is 16.9 Å². The minimum atomic E-state index is -5.10. The molecule has 6 nitrogen and oxygen atoms in total. The summed E-state index contributed by atoms with van der Waals surface area (Å²) in [5, 5.41) is 3.24. The molecule has 0 radical (unpaired) electrons. The topological polar surface area (TPSA) is 69.9 Å². The maximum Gasteiger partial charge on any atom is 0.433 e. The molecule has 0 aliphatic heterocycles. The molecule has 0 saturated heterocycles. The maximum atomic E-state index is 12.6. The van der Waals surface area contributed by atoms with Crippen molar-refractivity contribution < 1.29 is 49.1 Å². The van der Waals surface area contributed by atoms with Crippen molar-refractivity contribution in [1.29, 1.82) is 0 Å². The van der Waals surface area contributed by atoms with Gasteiger partial charge in [0.25, 0.3) is 0 Å². The van der Waals surface area contributed by atoms with E-state index in [2.05, 4.69) is 9.05 Å². The van der Waals surface area contributed by atoms with Crippen LogP contribution in [0, 0.1) is 0 Å². The molecule has 1 aromatic heterocycles. The number of para-hydroxylation sites is 1. The molecule has 0 saturated carbocycles. The van der Waals surface area contributed by atoms with Crippen LogP contribution in [0.5, 0.6) is 5.75 Å². The van der Waals surface area contributed by atoms with Crippen LogP contribution >= 0.6 is 7.75 Å². The van der Waals surface area contributed by atoms with Gasteiger partial charge < -0.3 is 9.15 Å². The minimum absolute atomic E-state index is 0.0273. The van der Waals surface area contributed by atoms with E-state index in [4.69, 9.17) is 9.15 Å². The second kappa shape index (κ2) is 8.01. The number of fused-ring (bicyclic) bond motifs is 3. The van der Waals surface area contributed by atoms with Gasteiger partial charge in [0, 0.05) is 16.8 Å². The normalized spacial score (nSPS) is 13.2. The molecular formula is C17H14F6NO5P. The van der Waals surface area contributed by atoms with Gasteiger partial charge >= 0.3 is 20.1 Å². The molecule has 1 N–H and O–H groups in total. The number of hydrogen-bond acceptors (Lipinski definition) is 5. The van der Waals surface area contributed by atoms with Crippen LogP contribution in [-0.4, -0.2) is 32.7 Å². The number of anilines is 1. The lowest BCUT2D eigenvalue weighted by molar-refractivity contribution is -0.165. The van der Waals surface area contributed by atoms with E-state index in [-0.39, 0.29) is 17.0 Å². The lowest BCUT2D eigenvalue weighted by Crippen LogP contribution is -2.22. The third-order valence-electron chi connectivity index (χ3n) is 3.75. The molecule has 0 fully saturated rings. The molecular weight excluding hydrogens is 443 g/mol. The number of alkyl halides is 6. The average Bonchev–Trinajstić information content (AvgIpc) is 3.00. The van der Waals surface area contributed by atoms with Crippen LogP contribution in [0.25, 0.3) is 21.9 Å². The predicted octanol–water partition coefficient (Wildman–Crippen LogP) is 6.27. The highest BCUT2D eigenvalue weighted by Gasteiger charge is 2.39. The predicted molar refractivity (Wildman–Crippen MR) is 95.5 cm³/mol. The molecule has 0 atom stereocenters. The van der Waals surface area contributed by atoms with Gasteiger partial charge in [-0.2, -0.15) is 26.3 Å². The Bertz CT molecular complexity index is 1070. The summed E-state index contributed by atoms with van der Waals surface area (Å²) in [5.74, 6) is -0.0273. The Hall–Kier alpha value is -2.43. The molecule has 0 aliphatic carbocycles. The lowest BCUT2D eigenvalue weighted by Gasteiger charge is -2.22. The van der Waals surface area contributed by atoms with Gasteiger partial charge in [0.15, 0.2) is 13.2 Å². The maximum absolute atomic E-state index is 12.6. The van der Waals surface area contributed by atoms with E-state index in [0.717, 1.165) is 0 Å². The number of nitrogens with one attached hydrogen (secondary N) is 1. The molecule has 0 aliphatic rings. The third kappa shape index (κ3) is 5.38. The zero-order valence-electron chi connectivity index (χ0n) is 15.1. The zero-order valence-corrected chi connectivity index (χ0v) is 16.0. The van der Waals surface area contributed by atoms with Crippen molar-refractivity contribution in [3.8, 4) is 5.75 Å². The number of halogens is 6. The smallest absolute Gasteiger partial charge is 0.433 e. The summed E-state index contributed by atoms with van der Waals surface area (Å²) in [5.41, 5.74) is 0.464. The summed E-state index contributed by atoms with van der Waals surface area (Å²) in [4.78, 5) is 0. The Labute approximate surface area is 165 Å². The molecule has 1 heterocycles. The molecule has 30 heavy (non-hydrogen) atoms. The minimum Gasteiger partial charge on any atom is -0.495 e. The summed E-state index contributed by atoms with van der Waals surface area (Å²) in [6, 6.07) is 9.53. The largest absolute Gasteiger partial charge is 0.495 e. The fourth-order valence-corrected chi connectivity index (χ4v) is 3.88. The van der Waals surface area contributed by atoms with Crippen molar-refractivity contribution >= 4 is 35.4 Å². The molecule has 3 rings (SSSR count). The van der Waals surface area contributed by atoms with Gasteiger partial charge in [-0.15, -0.1) is 0 Å². The number of methoxy groups -OCH3 is 1. The first kappa shape index (κ1) is 22.3. The van der Waals surface area contributed by atoms with Gasteiger partial charge in [-0.3, -0.25) is 14.1 Å². The van der Waals surface area contributed by atoms with Crippen molar-refractivity contribution in [2.75, 3.05) is 25.4 Å². The molecule has 0 unspecified atom stereocenters. The number of hydrogen-bond donors (Lipinski definition) is 1. The van der Waals surface area contributed by atoms with E-state index in [1.165, 1.54) is 19.2 Å². The summed E-state index contributed by atoms with van der Waals surface area (Å²) in [6.45, 7) is -4.19.